The van der Waals surface area contributed by atoms with Gasteiger partial charge in [0.15, 0.2) is 5.82 Å². The quantitative estimate of drug-likeness (QED) is 0.855. The Bertz CT molecular complexity index is 725. The standard InChI is InChI=1S/C17H20N4O4/c1-12-18-14(20-25-12)11-15(22)19-16(13-5-3-2-4-6-13)17(23)21-7-9-24-10-8-21/h2-6,16H,7-11H2,1H3,(H,19,22). The van der Waals surface area contributed by atoms with Crippen LogP contribution in [0.3, 0.4) is 0 Å². The lowest BCUT2D eigenvalue weighted by molar-refractivity contribution is -0.140. The van der Waals surface area contributed by atoms with E-state index in [0.717, 1.165) is 5.56 Å². The number of rotatable bonds is 5. The number of aryl methyl sites for hydroxylation is 1. The third-order valence-corrected chi connectivity index (χ3v) is 3.90. The van der Waals surface area contributed by atoms with Crippen LogP contribution in [0.15, 0.2) is 34.9 Å². The van der Waals surface area contributed by atoms with Crippen LogP contribution in [0.5, 0.6) is 0 Å². The molecule has 8 nitrogen and oxygen atoms in total. The number of carbonyl (C=O) groups is 2. The van der Waals surface area contributed by atoms with Crippen molar-refractivity contribution in [3.05, 3.63) is 47.6 Å². The molecule has 0 aliphatic carbocycles. The number of carbonyl (C=O) groups excluding carboxylic acids is 2. The van der Waals surface area contributed by atoms with E-state index in [1.54, 1.807) is 11.8 Å². The minimum absolute atomic E-state index is 0.0446. The summed E-state index contributed by atoms with van der Waals surface area (Å²) in [7, 11) is 0. The number of hydrogen-bond donors (Lipinski definition) is 1. The second-order valence-corrected chi connectivity index (χ2v) is 5.76. The smallest absolute Gasteiger partial charge is 0.249 e. The van der Waals surface area contributed by atoms with Crippen LogP contribution in [-0.2, 0) is 20.7 Å². The van der Waals surface area contributed by atoms with E-state index in [-0.39, 0.29) is 18.2 Å². The topological polar surface area (TPSA) is 97.6 Å². The molecule has 0 saturated carbocycles. The fourth-order valence-corrected chi connectivity index (χ4v) is 2.67. The summed E-state index contributed by atoms with van der Waals surface area (Å²) in [6.07, 6.45) is -0.0446. The first-order chi connectivity index (χ1) is 12.1. The first kappa shape index (κ1) is 17.1. The maximum absolute atomic E-state index is 12.9. The molecule has 1 fully saturated rings. The van der Waals surface area contributed by atoms with Gasteiger partial charge in [-0.15, -0.1) is 0 Å². The molecule has 0 radical (unpaired) electrons. The Morgan fingerprint density at radius 1 is 1.24 bits per heavy atom. The molecule has 8 heteroatoms. The Morgan fingerprint density at radius 3 is 2.60 bits per heavy atom. The number of nitrogens with one attached hydrogen (secondary N) is 1. The van der Waals surface area contributed by atoms with Crippen molar-refractivity contribution in [1.29, 1.82) is 0 Å². The number of nitrogens with zero attached hydrogens (tertiary/aromatic N) is 3. The number of ether oxygens (including phenoxy) is 1. The van der Waals surface area contributed by atoms with Gasteiger partial charge in [0, 0.05) is 20.0 Å². The Morgan fingerprint density at radius 2 is 1.96 bits per heavy atom. The Balaban J connectivity index is 1.74. The summed E-state index contributed by atoms with van der Waals surface area (Å²) in [5, 5.41) is 6.51. The minimum atomic E-state index is -0.750. The third kappa shape index (κ3) is 4.42. The van der Waals surface area contributed by atoms with Gasteiger partial charge in [-0.3, -0.25) is 9.59 Å². The highest BCUT2D eigenvalue weighted by atomic mass is 16.5. The molecular weight excluding hydrogens is 324 g/mol. The van der Waals surface area contributed by atoms with Crippen LogP contribution in [0.25, 0.3) is 0 Å². The van der Waals surface area contributed by atoms with E-state index in [2.05, 4.69) is 15.5 Å². The van der Waals surface area contributed by atoms with Crippen LogP contribution in [0.2, 0.25) is 0 Å². The summed E-state index contributed by atoms with van der Waals surface area (Å²) in [6, 6.07) is 8.43. The van der Waals surface area contributed by atoms with Crippen LogP contribution < -0.4 is 5.32 Å². The molecule has 25 heavy (non-hydrogen) atoms. The van der Waals surface area contributed by atoms with E-state index >= 15 is 0 Å². The van der Waals surface area contributed by atoms with Gasteiger partial charge in [-0.25, -0.2) is 0 Å². The van der Waals surface area contributed by atoms with Gasteiger partial charge in [-0.2, -0.15) is 4.98 Å². The first-order valence-electron chi connectivity index (χ1n) is 8.13. The van der Waals surface area contributed by atoms with Gasteiger partial charge in [0.25, 0.3) is 0 Å². The maximum Gasteiger partial charge on any atom is 0.249 e. The van der Waals surface area contributed by atoms with Crippen LogP contribution in [-0.4, -0.2) is 53.2 Å². The summed E-state index contributed by atoms with van der Waals surface area (Å²) in [5.41, 5.74) is 0.733. The molecule has 2 aromatic rings. The average Bonchev–Trinajstić information content (AvgIpc) is 3.05. The lowest BCUT2D eigenvalue weighted by Gasteiger charge is -2.30. The minimum Gasteiger partial charge on any atom is -0.378 e. The van der Waals surface area contributed by atoms with Crippen molar-refractivity contribution in [3.63, 3.8) is 0 Å². The number of aromatic nitrogens is 2. The summed E-state index contributed by atoms with van der Waals surface area (Å²) in [6.45, 7) is 3.69. The zero-order valence-corrected chi connectivity index (χ0v) is 14.0. The fraction of sp³-hybridized carbons (Fsp3) is 0.412. The summed E-state index contributed by atoms with van der Waals surface area (Å²) >= 11 is 0. The van der Waals surface area contributed by atoms with Gasteiger partial charge in [0.2, 0.25) is 17.7 Å². The van der Waals surface area contributed by atoms with Crippen LogP contribution in [0.4, 0.5) is 0 Å². The molecule has 1 aromatic carbocycles. The molecule has 1 unspecified atom stereocenters. The largest absolute Gasteiger partial charge is 0.378 e. The van der Waals surface area contributed by atoms with E-state index in [0.29, 0.717) is 38.0 Å². The second kappa shape index (κ2) is 7.89. The van der Waals surface area contributed by atoms with Crippen molar-refractivity contribution in [2.24, 2.45) is 0 Å². The predicted octanol–water partition coefficient (Wildman–Crippen LogP) is 0.637. The van der Waals surface area contributed by atoms with Gasteiger partial charge < -0.3 is 19.5 Å². The molecule has 1 atom stereocenters. The summed E-state index contributed by atoms with van der Waals surface area (Å²) in [5.74, 6) is 0.204. The number of benzene rings is 1. The monoisotopic (exact) mass is 344 g/mol. The number of morpholine rings is 1. The molecule has 0 bridgehead atoms. The lowest BCUT2D eigenvalue weighted by Crippen LogP contribution is -2.47. The molecule has 1 aliphatic rings. The van der Waals surface area contributed by atoms with E-state index in [1.165, 1.54) is 0 Å². The van der Waals surface area contributed by atoms with Gasteiger partial charge in [-0.05, 0) is 5.56 Å². The average molecular weight is 344 g/mol. The molecule has 1 N–H and O–H groups in total. The van der Waals surface area contributed by atoms with Crippen molar-refractivity contribution in [2.45, 2.75) is 19.4 Å². The molecule has 1 aliphatic heterocycles. The Hall–Kier alpha value is -2.74. The van der Waals surface area contributed by atoms with Crippen molar-refractivity contribution in [3.8, 4) is 0 Å². The predicted molar refractivity (Wildman–Crippen MR) is 87.5 cm³/mol. The van der Waals surface area contributed by atoms with E-state index in [4.69, 9.17) is 9.26 Å². The highest BCUT2D eigenvalue weighted by Gasteiger charge is 2.28. The molecule has 0 spiro atoms. The summed E-state index contributed by atoms with van der Waals surface area (Å²) < 4.78 is 10.2. The lowest BCUT2D eigenvalue weighted by atomic mass is 10.0. The Labute approximate surface area is 145 Å². The fourth-order valence-electron chi connectivity index (χ4n) is 2.67. The van der Waals surface area contributed by atoms with Crippen molar-refractivity contribution in [2.75, 3.05) is 26.3 Å². The normalized spacial score (nSPS) is 15.6. The zero-order chi connectivity index (χ0) is 17.6. The number of amides is 2. The van der Waals surface area contributed by atoms with E-state index in [9.17, 15) is 9.59 Å². The molecule has 2 heterocycles. The van der Waals surface area contributed by atoms with Crippen molar-refractivity contribution < 1.29 is 18.8 Å². The molecule has 1 saturated heterocycles. The van der Waals surface area contributed by atoms with Crippen molar-refractivity contribution >= 4 is 11.8 Å². The van der Waals surface area contributed by atoms with Gasteiger partial charge in [-0.1, -0.05) is 35.5 Å². The number of hydrogen-bond acceptors (Lipinski definition) is 6. The molecular formula is C17H20N4O4. The maximum atomic E-state index is 12.9. The van der Waals surface area contributed by atoms with E-state index < -0.39 is 6.04 Å². The van der Waals surface area contributed by atoms with E-state index in [1.807, 2.05) is 30.3 Å². The molecule has 3 rings (SSSR count). The highest BCUT2D eigenvalue weighted by Crippen LogP contribution is 2.17. The van der Waals surface area contributed by atoms with Crippen LogP contribution in [0, 0.1) is 6.92 Å². The van der Waals surface area contributed by atoms with Gasteiger partial charge in [0.05, 0.1) is 19.6 Å². The molecule has 1 aromatic heterocycles. The van der Waals surface area contributed by atoms with Crippen molar-refractivity contribution in [1.82, 2.24) is 20.4 Å². The van der Waals surface area contributed by atoms with Crippen LogP contribution in [0.1, 0.15) is 23.3 Å². The first-order valence-corrected chi connectivity index (χ1v) is 8.13. The third-order valence-electron chi connectivity index (χ3n) is 3.90. The highest BCUT2D eigenvalue weighted by molar-refractivity contribution is 5.89. The molecule has 132 valence electrons. The Kier molecular flexibility index (Phi) is 5.39. The van der Waals surface area contributed by atoms with Gasteiger partial charge in [0.1, 0.15) is 6.04 Å². The van der Waals surface area contributed by atoms with Crippen LogP contribution >= 0.6 is 0 Å². The SMILES string of the molecule is Cc1nc(CC(=O)NC(C(=O)N2CCOCC2)c2ccccc2)no1. The zero-order valence-electron chi connectivity index (χ0n) is 14.0. The van der Waals surface area contributed by atoms with Gasteiger partial charge >= 0.3 is 0 Å². The molecule has 2 amide bonds. The summed E-state index contributed by atoms with van der Waals surface area (Å²) in [4.78, 5) is 31.0. The second-order valence-electron chi connectivity index (χ2n) is 5.76.